The molecule has 18 heavy (non-hydrogen) atoms. The summed E-state index contributed by atoms with van der Waals surface area (Å²) in [5, 5.41) is 0. The quantitative estimate of drug-likeness (QED) is 0.795. The Hall–Kier alpha value is -1.55. The van der Waals surface area contributed by atoms with Crippen molar-refractivity contribution in [2.24, 2.45) is 0 Å². The molecule has 0 unspecified atom stereocenters. The highest BCUT2D eigenvalue weighted by atomic mass is 16.5. The number of hydrogen-bond donors (Lipinski definition) is 0. The maximum atomic E-state index is 11.5. The van der Waals surface area contributed by atoms with E-state index in [1.54, 1.807) is 14.0 Å². The summed E-state index contributed by atoms with van der Waals surface area (Å²) in [4.78, 5) is 15.7. The highest BCUT2D eigenvalue weighted by Gasteiger charge is 2.26. The fourth-order valence-electron chi connectivity index (χ4n) is 2.35. The second-order valence-electron chi connectivity index (χ2n) is 4.73. The van der Waals surface area contributed by atoms with Gasteiger partial charge in [0.05, 0.1) is 13.2 Å². The molecule has 0 spiro atoms. The first-order valence-corrected chi connectivity index (χ1v) is 6.21. The number of benzene rings is 1. The van der Waals surface area contributed by atoms with E-state index in [1.165, 1.54) is 5.56 Å². The van der Waals surface area contributed by atoms with Gasteiger partial charge in [0.15, 0.2) is 0 Å². The molecule has 1 heterocycles. The zero-order valence-corrected chi connectivity index (χ0v) is 11.2. The predicted octanol–water partition coefficient (Wildman–Crippen LogP) is 1.53. The van der Waals surface area contributed by atoms with Crippen molar-refractivity contribution in [1.82, 2.24) is 9.80 Å². The van der Waals surface area contributed by atoms with Crippen LogP contribution in [0, 0.1) is 0 Å². The molecule has 1 saturated heterocycles. The van der Waals surface area contributed by atoms with Crippen LogP contribution >= 0.6 is 0 Å². The van der Waals surface area contributed by atoms with Crippen molar-refractivity contribution < 1.29 is 9.53 Å². The van der Waals surface area contributed by atoms with Crippen LogP contribution < -0.4 is 4.74 Å². The van der Waals surface area contributed by atoms with Crippen molar-refractivity contribution in [3.05, 3.63) is 29.8 Å². The van der Waals surface area contributed by atoms with E-state index in [1.807, 2.05) is 17.0 Å². The summed E-state index contributed by atoms with van der Waals surface area (Å²) in [5.41, 5.74) is 1.23. The first kappa shape index (κ1) is 12.9. The molecule has 98 valence electrons. The van der Waals surface area contributed by atoms with Gasteiger partial charge in [-0.25, -0.2) is 0 Å². The topological polar surface area (TPSA) is 32.8 Å². The van der Waals surface area contributed by atoms with Gasteiger partial charge in [-0.3, -0.25) is 9.69 Å². The van der Waals surface area contributed by atoms with Gasteiger partial charge in [0.2, 0.25) is 5.91 Å². The summed E-state index contributed by atoms with van der Waals surface area (Å²) >= 11 is 0. The molecule has 0 radical (unpaired) electrons. The number of likely N-dealkylation sites (N-methyl/N-ethyl adjacent to an activating group) is 1. The van der Waals surface area contributed by atoms with Gasteiger partial charge < -0.3 is 9.64 Å². The Balaban J connectivity index is 2.15. The van der Waals surface area contributed by atoms with Crippen LogP contribution in [0.5, 0.6) is 5.75 Å². The normalized spacial score (nSPS) is 20.8. The van der Waals surface area contributed by atoms with Gasteiger partial charge in [-0.05, 0) is 24.7 Å². The molecule has 0 bridgehead atoms. The van der Waals surface area contributed by atoms with E-state index in [-0.39, 0.29) is 11.9 Å². The predicted molar refractivity (Wildman–Crippen MR) is 70.6 cm³/mol. The Labute approximate surface area is 108 Å². The molecule has 0 aromatic heterocycles. The minimum absolute atomic E-state index is 0.154. The first-order chi connectivity index (χ1) is 8.61. The zero-order valence-electron chi connectivity index (χ0n) is 11.2. The summed E-state index contributed by atoms with van der Waals surface area (Å²) in [5.74, 6) is 1.02. The number of rotatable bonds is 2. The number of carbonyl (C=O) groups is 1. The molecule has 0 aliphatic carbocycles. The average molecular weight is 248 g/mol. The average Bonchev–Trinajstić information content (AvgIpc) is 2.39. The smallest absolute Gasteiger partial charge is 0.219 e. The van der Waals surface area contributed by atoms with Crippen LogP contribution in [-0.2, 0) is 4.79 Å². The van der Waals surface area contributed by atoms with Gasteiger partial charge in [-0.15, -0.1) is 0 Å². The summed E-state index contributed by atoms with van der Waals surface area (Å²) in [7, 11) is 3.77. The monoisotopic (exact) mass is 248 g/mol. The molecule has 0 N–H and O–H groups in total. The summed E-state index contributed by atoms with van der Waals surface area (Å²) in [6, 6.07) is 8.35. The Kier molecular flexibility index (Phi) is 3.87. The number of amides is 1. The molecule has 4 heteroatoms. The Morgan fingerprint density at radius 2 is 1.94 bits per heavy atom. The lowest BCUT2D eigenvalue weighted by Gasteiger charge is -2.39. The minimum atomic E-state index is 0.154. The van der Waals surface area contributed by atoms with E-state index >= 15 is 0 Å². The molecule has 1 aromatic carbocycles. The molecule has 1 aliphatic rings. The Morgan fingerprint density at radius 3 is 2.50 bits per heavy atom. The largest absolute Gasteiger partial charge is 0.497 e. The van der Waals surface area contributed by atoms with Crippen LogP contribution in [-0.4, -0.2) is 49.5 Å². The standard InChI is InChI=1S/C14H20N2O2/c1-11(17)16-9-8-15(2)14(10-16)12-4-6-13(18-3)7-5-12/h4-7,14H,8-10H2,1-3H3/t14-/m1/s1. The Bertz CT molecular complexity index is 416. The van der Waals surface area contributed by atoms with Crippen LogP contribution in [0.25, 0.3) is 0 Å². The van der Waals surface area contributed by atoms with Crippen LogP contribution in [0.1, 0.15) is 18.5 Å². The summed E-state index contributed by atoms with van der Waals surface area (Å²) in [6.45, 7) is 4.13. The summed E-state index contributed by atoms with van der Waals surface area (Å²) < 4.78 is 5.16. The lowest BCUT2D eigenvalue weighted by atomic mass is 10.0. The van der Waals surface area contributed by atoms with Crippen LogP contribution in [0.3, 0.4) is 0 Å². The molecular weight excluding hydrogens is 228 g/mol. The first-order valence-electron chi connectivity index (χ1n) is 6.21. The van der Waals surface area contributed by atoms with Crippen molar-refractivity contribution in [1.29, 1.82) is 0 Å². The SMILES string of the molecule is COc1ccc([C@H]2CN(C(C)=O)CCN2C)cc1. The van der Waals surface area contributed by atoms with E-state index in [9.17, 15) is 4.79 Å². The van der Waals surface area contributed by atoms with E-state index < -0.39 is 0 Å². The van der Waals surface area contributed by atoms with Crippen molar-refractivity contribution in [2.75, 3.05) is 33.8 Å². The van der Waals surface area contributed by atoms with Crippen molar-refractivity contribution >= 4 is 5.91 Å². The fourth-order valence-corrected chi connectivity index (χ4v) is 2.35. The summed E-state index contributed by atoms with van der Waals surface area (Å²) in [6.07, 6.45) is 0. The molecule has 1 amide bonds. The number of ether oxygens (including phenoxy) is 1. The third-order valence-corrected chi connectivity index (χ3v) is 3.59. The highest BCUT2D eigenvalue weighted by molar-refractivity contribution is 5.73. The lowest BCUT2D eigenvalue weighted by Crippen LogP contribution is -2.48. The number of carbonyl (C=O) groups excluding carboxylic acids is 1. The second-order valence-corrected chi connectivity index (χ2v) is 4.73. The van der Waals surface area contributed by atoms with Crippen LogP contribution in [0.4, 0.5) is 0 Å². The van der Waals surface area contributed by atoms with Crippen LogP contribution in [0.2, 0.25) is 0 Å². The second kappa shape index (κ2) is 5.40. The van der Waals surface area contributed by atoms with E-state index in [0.717, 1.165) is 25.4 Å². The third-order valence-electron chi connectivity index (χ3n) is 3.59. The number of methoxy groups -OCH3 is 1. The maximum Gasteiger partial charge on any atom is 0.219 e. The van der Waals surface area contributed by atoms with Gasteiger partial charge in [-0.1, -0.05) is 12.1 Å². The fraction of sp³-hybridized carbons (Fsp3) is 0.500. The maximum absolute atomic E-state index is 11.5. The molecule has 1 aromatic rings. The van der Waals surface area contributed by atoms with Gasteiger partial charge in [0, 0.05) is 26.6 Å². The number of nitrogens with zero attached hydrogens (tertiary/aromatic N) is 2. The molecule has 0 saturated carbocycles. The molecule has 1 fully saturated rings. The number of piperazine rings is 1. The van der Waals surface area contributed by atoms with E-state index in [2.05, 4.69) is 24.1 Å². The van der Waals surface area contributed by atoms with Crippen molar-refractivity contribution in [2.45, 2.75) is 13.0 Å². The van der Waals surface area contributed by atoms with Gasteiger partial charge >= 0.3 is 0 Å². The van der Waals surface area contributed by atoms with Gasteiger partial charge in [-0.2, -0.15) is 0 Å². The lowest BCUT2D eigenvalue weighted by molar-refractivity contribution is -0.131. The van der Waals surface area contributed by atoms with E-state index in [4.69, 9.17) is 4.74 Å². The van der Waals surface area contributed by atoms with Gasteiger partial charge in [0.25, 0.3) is 0 Å². The molecule has 1 aliphatic heterocycles. The van der Waals surface area contributed by atoms with Crippen LogP contribution in [0.15, 0.2) is 24.3 Å². The third kappa shape index (κ3) is 2.64. The zero-order chi connectivity index (χ0) is 13.1. The minimum Gasteiger partial charge on any atom is -0.497 e. The van der Waals surface area contributed by atoms with Crippen molar-refractivity contribution in [3.8, 4) is 5.75 Å². The number of hydrogen-bond acceptors (Lipinski definition) is 3. The van der Waals surface area contributed by atoms with Gasteiger partial charge in [0.1, 0.15) is 5.75 Å². The van der Waals surface area contributed by atoms with E-state index in [0.29, 0.717) is 0 Å². The molecule has 4 nitrogen and oxygen atoms in total. The highest BCUT2D eigenvalue weighted by Crippen LogP contribution is 2.25. The molecular formula is C14H20N2O2. The molecule has 1 atom stereocenters. The van der Waals surface area contributed by atoms with Crippen molar-refractivity contribution in [3.63, 3.8) is 0 Å². The molecule has 2 rings (SSSR count). The Morgan fingerprint density at radius 1 is 1.28 bits per heavy atom.